The first kappa shape index (κ1) is 18.2. The molecule has 0 spiro atoms. The van der Waals surface area contributed by atoms with Gasteiger partial charge >= 0.3 is 5.97 Å². The number of hydrogen-bond donors (Lipinski definition) is 0. The van der Waals surface area contributed by atoms with Crippen molar-refractivity contribution in [3.63, 3.8) is 0 Å². The highest BCUT2D eigenvalue weighted by Crippen LogP contribution is 2.28. The van der Waals surface area contributed by atoms with Crippen molar-refractivity contribution in [2.75, 3.05) is 0 Å². The zero-order valence-corrected chi connectivity index (χ0v) is 16.1. The van der Waals surface area contributed by atoms with Crippen LogP contribution >= 0.6 is 11.8 Å². The van der Waals surface area contributed by atoms with E-state index in [1.807, 2.05) is 36.4 Å². The number of ether oxygens (including phenoxy) is 1. The van der Waals surface area contributed by atoms with Gasteiger partial charge in [-0.2, -0.15) is 4.98 Å². The molecule has 4 aromatic rings. The maximum absolute atomic E-state index is 12.6. The molecular formula is C20H17N3O4S. The van der Waals surface area contributed by atoms with Crippen LogP contribution in [-0.4, -0.2) is 21.1 Å². The largest absolute Gasteiger partial charge is 0.449 e. The number of hydrogen-bond acceptors (Lipinski definition) is 8. The fraction of sp³-hybridized carbons (Fsp3) is 0.200. The Bertz CT molecular complexity index is 1090. The van der Waals surface area contributed by atoms with Gasteiger partial charge in [0.2, 0.25) is 0 Å². The molecule has 0 N–H and O–H groups in total. The Morgan fingerprint density at radius 2 is 1.93 bits per heavy atom. The number of oxazole rings is 1. The summed E-state index contributed by atoms with van der Waals surface area (Å²) >= 11 is 1.42. The fourth-order valence-electron chi connectivity index (χ4n) is 2.65. The highest BCUT2D eigenvalue weighted by molar-refractivity contribution is 7.98. The molecule has 2 aromatic heterocycles. The Kier molecular flexibility index (Phi) is 5.12. The van der Waals surface area contributed by atoms with E-state index in [-0.39, 0.29) is 5.89 Å². The molecular weight excluding hydrogens is 378 g/mol. The van der Waals surface area contributed by atoms with Crippen molar-refractivity contribution in [2.24, 2.45) is 0 Å². The molecule has 0 aliphatic carbocycles. The topological polar surface area (TPSA) is 91.2 Å². The van der Waals surface area contributed by atoms with E-state index < -0.39 is 12.1 Å². The summed E-state index contributed by atoms with van der Waals surface area (Å²) in [4.78, 5) is 21.2. The van der Waals surface area contributed by atoms with Crippen molar-refractivity contribution in [2.45, 2.75) is 30.9 Å². The van der Waals surface area contributed by atoms with Gasteiger partial charge in [0.25, 0.3) is 11.1 Å². The minimum Gasteiger partial charge on any atom is -0.449 e. The van der Waals surface area contributed by atoms with E-state index in [0.29, 0.717) is 22.4 Å². The average Bonchev–Trinajstić information content (AvgIpc) is 3.32. The van der Waals surface area contributed by atoms with Crippen molar-refractivity contribution < 1.29 is 18.5 Å². The maximum Gasteiger partial charge on any atom is 0.339 e. The van der Waals surface area contributed by atoms with Crippen LogP contribution in [-0.2, 0) is 10.5 Å². The van der Waals surface area contributed by atoms with Crippen molar-refractivity contribution in [3.05, 3.63) is 71.4 Å². The highest BCUT2D eigenvalue weighted by atomic mass is 32.2. The van der Waals surface area contributed by atoms with Crippen molar-refractivity contribution >= 4 is 28.8 Å². The third-order valence-electron chi connectivity index (χ3n) is 4.04. The summed E-state index contributed by atoms with van der Waals surface area (Å²) in [5, 5.41) is 4.27. The number of esters is 1. The van der Waals surface area contributed by atoms with Gasteiger partial charge in [-0.05, 0) is 37.6 Å². The summed E-state index contributed by atoms with van der Waals surface area (Å²) in [7, 11) is 0. The molecule has 0 aliphatic heterocycles. The molecule has 0 radical (unpaired) electrons. The lowest BCUT2D eigenvalue weighted by molar-refractivity contribution is 0.0264. The van der Waals surface area contributed by atoms with Gasteiger partial charge < -0.3 is 13.7 Å². The third kappa shape index (κ3) is 3.91. The monoisotopic (exact) mass is 395 g/mol. The first-order valence-electron chi connectivity index (χ1n) is 8.67. The van der Waals surface area contributed by atoms with Gasteiger partial charge in [-0.3, -0.25) is 0 Å². The molecule has 2 aromatic carbocycles. The standard InChI is InChI=1S/C20H17N3O4S/c1-12(18-21-13(2)23-27-18)25-19(24)15-8-4-3-7-14(15)11-28-20-22-16-9-5-6-10-17(16)26-20/h3-10,12H,11H2,1-2H3. The highest BCUT2D eigenvalue weighted by Gasteiger charge is 2.21. The Morgan fingerprint density at radius 3 is 2.71 bits per heavy atom. The molecule has 0 amide bonds. The van der Waals surface area contributed by atoms with Crippen LogP contribution in [0.15, 0.2) is 62.7 Å². The molecule has 7 nitrogen and oxygen atoms in total. The minimum absolute atomic E-state index is 0.268. The summed E-state index contributed by atoms with van der Waals surface area (Å²) in [6.07, 6.45) is -0.633. The van der Waals surface area contributed by atoms with Gasteiger partial charge in [-0.25, -0.2) is 9.78 Å². The predicted octanol–water partition coefficient (Wildman–Crippen LogP) is 4.73. The second-order valence-electron chi connectivity index (χ2n) is 6.12. The van der Waals surface area contributed by atoms with Crippen LogP contribution in [0.5, 0.6) is 0 Å². The minimum atomic E-state index is -0.633. The summed E-state index contributed by atoms with van der Waals surface area (Å²) in [5.74, 6) is 0.834. The van der Waals surface area contributed by atoms with E-state index in [0.717, 1.165) is 16.7 Å². The summed E-state index contributed by atoms with van der Waals surface area (Å²) in [6, 6.07) is 14.9. The number of carbonyl (C=O) groups excluding carboxylic acids is 1. The number of thioether (sulfide) groups is 1. The number of nitrogens with zero attached hydrogens (tertiary/aromatic N) is 3. The zero-order valence-electron chi connectivity index (χ0n) is 15.3. The number of rotatable bonds is 6. The van der Waals surface area contributed by atoms with Crippen LogP contribution < -0.4 is 0 Å². The van der Waals surface area contributed by atoms with E-state index >= 15 is 0 Å². The molecule has 0 fully saturated rings. The number of benzene rings is 2. The molecule has 0 saturated heterocycles. The zero-order chi connectivity index (χ0) is 19.5. The smallest absolute Gasteiger partial charge is 0.339 e. The Hall–Kier alpha value is -3.13. The Morgan fingerprint density at radius 1 is 1.14 bits per heavy atom. The molecule has 28 heavy (non-hydrogen) atoms. The summed E-state index contributed by atoms with van der Waals surface area (Å²) in [5.41, 5.74) is 2.85. The molecule has 142 valence electrons. The van der Waals surface area contributed by atoms with E-state index in [9.17, 15) is 4.79 Å². The molecule has 0 saturated carbocycles. The molecule has 0 bridgehead atoms. The second kappa shape index (κ2) is 7.85. The normalized spacial score (nSPS) is 12.2. The first-order valence-corrected chi connectivity index (χ1v) is 9.66. The number of aryl methyl sites for hydroxylation is 1. The van der Waals surface area contributed by atoms with Crippen molar-refractivity contribution in [3.8, 4) is 0 Å². The molecule has 2 heterocycles. The Labute approximate surface area is 165 Å². The van der Waals surface area contributed by atoms with Crippen molar-refractivity contribution in [1.82, 2.24) is 15.1 Å². The lowest BCUT2D eigenvalue weighted by Crippen LogP contribution is -2.11. The number of aromatic nitrogens is 3. The molecule has 1 unspecified atom stereocenters. The molecule has 1 atom stereocenters. The van der Waals surface area contributed by atoms with Crippen LogP contribution in [0.1, 0.15) is 40.7 Å². The quantitative estimate of drug-likeness (QED) is 0.342. The first-order chi connectivity index (χ1) is 13.6. The van der Waals surface area contributed by atoms with Gasteiger partial charge in [-0.1, -0.05) is 47.3 Å². The number of para-hydroxylation sites is 2. The molecule has 8 heteroatoms. The van der Waals surface area contributed by atoms with Crippen LogP contribution in [0.25, 0.3) is 11.1 Å². The van der Waals surface area contributed by atoms with E-state index in [1.54, 1.807) is 26.0 Å². The number of carbonyl (C=O) groups is 1. The van der Waals surface area contributed by atoms with Gasteiger partial charge in [0.15, 0.2) is 17.5 Å². The van der Waals surface area contributed by atoms with Gasteiger partial charge in [0.05, 0.1) is 5.56 Å². The Balaban J connectivity index is 1.47. The average molecular weight is 395 g/mol. The summed E-state index contributed by atoms with van der Waals surface area (Å²) < 4.78 is 16.3. The lowest BCUT2D eigenvalue weighted by atomic mass is 10.1. The van der Waals surface area contributed by atoms with E-state index in [1.165, 1.54) is 11.8 Å². The van der Waals surface area contributed by atoms with Crippen LogP contribution in [0, 0.1) is 6.92 Å². The number of fused-ring (bicyclic) bond motifs is 1. The van der Waals surface area contributed by atoms with Gasteiger partial charge in [0.1, 0.15) is 5.52 Å². The maximum atomic E-state index is 12.6. The SMILES string of the molecule is Cc1noc(C(C)OC(=O)c2ccccc2CSc2nc3ccccc3o2)n1. The second-order valence-corrected chi connectivity index (χ2v) is 7.05. The summed E-state index contributed by atoms with van der Waals surface area (Å²) in [6.45, 7) is 3.40. The van der Waals surface area contributed by atoms with Crippen LogP contribution in [0.4, 0.5) is 0 Å². The van der Waals surface area contributed by atoms with Crippen LogP contribution in [0.2, 0.25) is 0 Å². The predicted molar refractivity (Wildman–Crippen MR) is 103 cm³/mol. The fourth-order valence-corrected chi connectivity index (χ4v) is 3.49. The lowest BCUT2D eigenvalue weighted by Gasteiger charge is -2.11. The molecule has 4 rings (SSSR count). The van der Waals surface area contributed by atoms with Crippen molar-refractivity contribution in [1.29, 1.82) is 0 Å². The third-order valence-corrected chi connectivity index (χ3v) is 4.91. The van der Waals surface area contributed by atoms with E-state index in [4.69, 9.17) is 13.7 Å². The van der Waals surface area contributed by atoms with E-state index in [2.05, 4.69) is 15.1 Å². The molecule has 0 aliphatic rings. The van der Waals surface area contributed by atoms with Crippen LogP contribution in [0.3, 0.4) is 0 Å². The van der Waals surface area contributed by atoms with Gasteiger partial charge in [0, 0.05) is 5.75 Å². The van der Waals surface area contributed by atoms with Gasteiger partial charge in [-0.15, -0.1) is 0 Å².